The minimum Gasteiger partial charge on any atom is -0.337 e. The Bertz CT molecular complexity index is 1090. The number of thiophene rings is 2. The van der Waals surface area contributed by atoms with E-state index >= 15 is 0 Å². The van der Waals surface area contributed by atoms with Gasteiger partial charge in [-0.25, -0.2) is 8.42 Å². The van der Waals surface area contributed by atoms with Crippen LogP contribution in [0, 0.1) is 0 Å². The van der Waals surface area contributed by atoms with E-state index in [1.54, 1.807) is 52.8 Å². The molecule has 2 aromatic heterocycles. The van der Waals surface area contributed by atoms with Gasteiger partial charge in [0.15, 0.2) is 0 Å². The second-order valence-corrected chi connectivity index (χ2v) is 10.7. The first-order valence-corrected chi connectivity index (χ1v) is 12.1. The topological polar surface area (TPSA) is 57.7 Å². The SMILES string of the molecule is CN(Cc1cccs1)C(=O)c1cccc(S(=O)(=O)N2CCc3sccc3C2)c1. The molecule has 28 heavy (non-hydrogen) atoms. The fourth-order valence-corrected chi connectivity index (χ4v) is 6.41. The predicted molar refractivity (Wildman–Crippen MR) is 112 cm³/mol. The van der Waals surface area contributed by atoms with Crippen molar-refractivity contribution in [3.63, 3.8) is 0 Å². The third kappa shape index (κ3) is 3.77. The second kappa shape index (κ2) is 7.79. The zero-order valence-electron chi connectivity index (χ0n) is 15.4. The van der Waals surface area contributed by atoms with E-state index in [1.165, 1.54) is 15.2 Å². The predicted octanol–water partition coefficient (Wildman–Crippen LogP) is 3.83. The van der Waals surface area contributed by atoms with Crippen molar-refractivity contribution in [1.29, 1.82) is 0 Å². The lowest BCUT2D eigenvalue weighted by Gasteiger charge is -2.26. The summed E-state index contributed by atoms with van der Waals surface area (Å²) in [5.41, 5.74) is 1.45. The van der Waals surface area contributed by atoms with Crippen LogP contribution in [0.3, 0.4) is 0 Å². The molecule has 5 nitrogen and oxygen atoms in total. The van der Waals surface area contributed by atoms with E-state index in [0.717, 1.165) is 16.9 Å². The minimum atomic E-state index is -3.65. The van der Waals surface area contributed by atoms with Gasteiger partial charge in [0.2, 0.25) is 10.0 Å². The molecule has 0 fully saturated rings. The van der Waals surface area contributed by atoms with Gasteiger partial charge in [-0.05, 0) is 53.1 Å². The molecule has 0 aliphatic carbocycles. The number of nitrogens with zero attached hydrogens (tertiary/aromatic N) is 2. The van der Waals surface area contributed by atoms with Gasteiger partial charge in [-0.2, -0.15) is 4.31 Å². The first-order chi connectivity index (χ1) is 13.4. The summed E-state index contributed by atoms with van der Waals surface area (Å²) in [6, 6.07) is 12.3. The molecule has 1 amide bonds. The van der Waals surface area contributed by atoms with Crippen LogP contribution < -0.4 is 0 Å². The van der Waals surface area contributed by atoms with Crippen molar-refractivity contribution >= 4 is 38.6 Å². The van der Waals surface area contributed by atoms with Crippen LogP contribution in [0.25, 0.3) is 0 Å². The summed E-state index contributed by atoms with van der Waals surface area (Å²) in [5.74, 6) is -0.191. The number of hydrogen-bond acceptors (Lipinski definition) is 5. The number of sulfonamides is 1. The molecule has 0 unspecified atom stereocenters. The maximum absolute atomic E-state index is 13.1. The molecule has 4 rings (SSSR count). The first-order valence-electron chi connectivity index (χ1n) is 8.88. The zero-order chi connectivity index (χ0) is 19.7. The molecule has 0 atom stereocenters. The molecule has 1 aromatic carbocycles. The number of benzene rings is 1. The minimum absolute atomic E-state index is 0.168. The Morgan fingerprint density at radius 2 is 2.00 bits per heavy atom. The summed E-state index contributed by atoms with van der Waals surface area (Å²) in [6.45, 7) is 1.35. The van der Waals surface area contributed by atoms with Gasteiger partial charge in [0.05, 0.1) is 11.4 Å². The average molecular weight is 433 g/mol. The zero-order valence-corrected chi connectivity index (χ0v) is 17.8. The molecular formula is C20H20N2O3S3. The maximum Gasteiger partial charge on any atom is 0.253 e. The van der Waals surface area contributed by atoms with Gasteiger partial charge in [-0.3, -0.25) is 4.79 Å². The standard InChI is InChI=1S/C20H20N2O3S3/c1-21(14-17-5-3-10-26-17)20(23)15-4-2-6-18(12-15)28(24,25)22-9-7-19-16(13-22)8-11-27-19/h2-6,8,10-12H,7,9,13-14H2,1H3. The maximum atomic E-state index is 13.1. The molecule has 0 saturated heterocycles. The van der Waals surface area contributed by atoms with Crippen LogP contribution in [0.4, 0.5) is 0 Å². The lowest BCUT2D eigenvalue weighted by molar-refractivity contribution is 0.0786. The quantitative estimate of drug-likeness (QED) is 0.616. The van der Waals surface area contributed by atoms with Gasteiger partial charge in [-0.1, -0.05) is 12.1 Å². The largest absolute Gasteiger partial charge is 0.337 e. The summed E-state index contributed by atoms with van der Waals surface area (Å²) in [6.07, 6.45) is 0.731. The van der Waals surface area contributed by atoms with Gasteiger partial charge in [0.25, 0.3) is 5.91 Å². The Morgan fingerprint density at radius 3 is 2.79 bits per heavy atom. The van der Waals surface area contributed by atoms with Crippen LogP contribution in [-0.2, 0) is 29.5 Å². The summed E-state index contributed by atoms with van der Waals surface area (Å²) in [4.78, 5) is 16.9. The van der Waals surface area contributed by atoms with Gasteiger partial charge in [0, 0.05) is 35.5 Å². The van der Waals surface area contributed by atoms with E-state index in [1.807, 2.05) is 29.0 Å². The normalized spacial score (nSPS) is 14.6. The van der Waals surface area contributed by atoms with Crippen molar-refractivity contribution in [2.45, 2.75) is 24.4 Å². The smallest absolute Gasteiger partial charge is 0.253 e. The van der Waals surface area contributed by atoms with Crippen LogP contribution in [-0.4, -0.2) is 37.1 Å². The van der Waals surface area contributed by atoms with Crippen LogP contribution in [0.5, 0.6) is 0 Å². The molecule has 8 heteroatoms. The number of carbonyl (C=O) groups excluding carboxylic acids is 1. The molecule has 0 bridgehead atoms. The molecule has 0 N–H and O–H groups in total. The number of rotatable bonds is 5. The fourth-order valence-electron chi connectivity index (χ4n) is 3.29. The van der Waals surface area contributed by atoms with Crippen LogP contribution in [0.15, 0.2) is 58.1 Å². The van der Waals surface area contributed by atoms with Gasteiger partial charge >= 0.3 is 0 Å². The molecule has 1 aliphatic heterocycles. The molecule has 0 spiro atoms. The van der Waals surface area contributed by atoms with Gasteiger partial charge in [0.1, 0.15) is 0 Å². The lowest BCUT2D eigenvalue weighted by Crippen LogP contribution is -2.35. The van der Waals surface area contributed by atoms with E-state index in [9.17, 15) is 13.2 Å². The van der Waals surface area contributed by atoms with Crippen LogP contribution in [0.1, 0.15) is 25.7 Å². The molecule has 146 valence electrons. The Morgan fingerprint density at radius 1 is 1.14 bits per heavy atom. The first kappa shape index (κ1) is 19.3. The third-order valence-electron chi connectivity index (χ3n) is 4.81. The molecule has 1 aliphatic rings. The number of amides is 1. The highest BCUT2D eigenvalue weighted by Gasteiger charge is 2.29. The van der Waals surface area contributed by atoms with Crippen molar-refractivity contribution in [2.75, 3.05) is 13.6 Å². The van der Waals surface area contributed by atoms with Crippen molar-refractivity contribution in [3.8, 4) is 0 Å². The van der Waals surface area contributed by atoms with Crippen LogP contribution >= 0.6 is 22.7 Å². The Hall–Kier alpha value is -2.00. The number of fused-ring (bicyclic) bond motifs is 1. The van der Waals surface area contributed by atoms with E-state index < -0.39 is 10.0 Å². The molecular weight excluding hydrogens is 412 g/mol. The highest BCUT2D eigenvalue weighted by atomic mass is 32.2. The monoisotopic (exact) mass is 432 g/mol. The van der Waals surface area contributed by atoms with Gasteiger partial charge < -0.3 is 4.90 Å². The van der Waals surface area contributed by atoms with E-state index in [4.69, 9.17) is 0 Å². The highest BCUT2D eigenvalue weighted by molar-refractivity contribution is 7.89. The van der Waals surface area contributed by atoms with Crippen molar-refractivity contribution in [3.05, 3.63) is 74.1 Å². The molecule has 0 radical (unpaired) electrons. The van der Waals surface area contributed by atoms with E-state index in [-0.39, 0.29) is 10.8 Å². The van der Waals surface area contributed by atoms with Crippen LogP contribution in [0.2, 0.25) is 0 Å². The van der Waals surface area contributed by atoms with Crippen molar-refractivity contribution < 1.29 is 13.2 Å². The summed E-state index contributed by atoms with van der Waals surface area (Å²) in [7, 11) is -1.92. The van der Waals surface area contributed by atoms with Gasteiger partial charge in [-0.15, -0.1) is 22.7 Å². The van der Waals surface area contributed by atoms with Crippen molar-refractivity contribution in [2.24, 2.45) is 0 Å². The summed E-state index contributed by atoms with van der Waals surface area (Å²) < 4.78 is 27.8. The van der Waals surface area contributed by atoms with Crippen molar-refractivity contribution in [1.82, 2.24) is 9.21 Å². The Balaban J connectivity index is 1.55. The molecule has 3 heterocycles. The highest BCUT2D eigenvalue weighted by Crippen LogP contribution is 2.28. The Kier molecular flexibility index (Phi) is 5.37. The van der Waals surface area contributed by atoms with E-state index in [0.29, 0.717) is 25.2 Å². The lowest BCUT2D eigenvalue weighted by atomic mass is 10.1. The Labute approximate surface area is 172 Å². The van der Waals surface area contributed by atoms with E-state index in [2.05, 4.69) is 0 Å². The summed E-state index contributed by atoms with van der Waals surface area (Å²) in [5, 5.41) is 3.97. The number of carbonyl (C=O) groups is 1. The number of hydrogen-bond donors (Lipinski definition) is 0. The molecule has 3 aromatic rings. The second-order valence-electron chi connectivity index (χ2n) is 6.73. The molecule has 0 saturated carbocycles. The third-order valence-corrected chi connectivity index (χ3v) is 8.54. The fraction of sp³-hybridized carbons (Fsp3) is 0.250. The summed E-state index contributed by atoms with van der Waals surface area (Å²) >= 11 is 3.26. The average Bonchev–Trinajstić information content (AvgIpc) is 3.38.